The maximum atomic E-state index is 10.9. The Kier molecular flexibility index (Phi) is 4.22. The predicted octanol–water partition coefficient (Wildman–Crippen LogP) is 1.48. The first-order valence-corrected chi connectivity index (χ1v) is 8.76. The fourth-order valence-corrected chi connectivity index (χ4v) is 3.43. The molecule has 0 aliphatic carbocycles. The summed E-state index contributed by atoms with van der Waals surface area (Å²) in [5, 5.41) is 23.7. The largest absolute Gasteiger partial charge is 0.387 e. The quantitative estimate of drug-likeness (QED) is 0.849. The minimum Gasteiger partial charge on any atom is -0.387 e. The standard InChI is InChI=1S/C16H21ClN4O5/c1-15(2)23-7-8(24-15)11(22)12-13(26-16(3,4)25-12)14-19-18-10-6-5-9(17)20-21(10)14/h5-6,8,11-13,22H,7H2,1-4H3/t8-,11-,12+,13-/m1/s1. The van der Waals surface area contributed by atoms with Crippen LogP contribution in [0, 0.1) is 0 Å². The summed E-state index contributed by atoms with van der Waals surface area (Å²) in [5.41, 5.74) is 0.521. The summed E-state index contributed by atoms with van der Waals surface area (Å²) in [4.78, 5) is 0. The Morgan fingerprint density at radius 1 is 1.15 bits per heavy atom. The highest BCUT2D eigenvalue weighted by molar-refractivity contribution is 6.29. The van der Waals surface area contributed by atoms with E-state index in [2.05, 4.69) is 15.3 Å². The summed E-state index contributed by atoms with van der Waals surface area (Å²) in [7, 11) is 0. The Bertz CT molecular complexity index is 826. The van der Waals surface area contributed by atoms with Crippen LogP contribution in [0.2, 0.25) is 5.15 Å². The van der Waals surface area contributed by atoms with Crippen molar-refractivity contribution in [3.05, 3.63) is 23.1 Å². The van der Waals surface area contributed by atoms with Crippen molar-refractivity contribution >= 4 is 17.2 Å². The van der Waals surface area contributed by atoms with Gasteiger partial charge in [0, 0.05) is 0 Å². The number of rotatable bonds is 3. The average Bonchev–Trinajstić information content (AvgIpc) is 3.21. The van der Waals surface area contributed by atoms with Gasteiger partial charge in [0.25, 0.3) is 0 Å². The first-order valence-electron chi connectivity index (χ1n) is 8.39. The zero-order valence-corrected chi connectivity index (χ0v) is 15.7. The number of hydrogen-bond acceptors (Lipinski definition) is 8. The van der Waals surface area contributed by atoms with Crippen LogP contribution < -0.4 is 0 Å². The third-order valence-corrected chi connectivity index (χ3v) is 4.59. The van der Waals surface area contributed by atoms with Crippen molar-refractivity contribution in [2.45, 2.75) is 63.7 Å². The van der Waals surface area contributed by atoms with E-state index in [1.54, 1.807) is 39.8 Å². The summed E-state index contributed by atoms with van der Waals surface area (Å²) in [6, 6.07) is 3.33. The molecule has 0 saturated carbocycles. The first-order chi connectivity index (χ1) is 12.2. The molecule has 10 heteroatoms. The highest BCUT2D eigenvalue weighted by Gasteiger charge is 2.51. The summed E-state index contributed by atoms with van der Waals surface area (Å²) >= 11 is 6.00. The van der Waals surface area contributed by atoms with Gasteiger partial charge in [-0.25, -0.2) is 0 Å². The molecule has 4 rings (SSSR count). The fraction of sp³-hybridized carbons (Fsp3) is 0.688. The van der Waals surface area contributed by atoms with Gasteiger partial charge in [-0.15, -0.1) is 10.2 Å². The van der Waals surface area contributed by atoms with Crippen LogP contribution in [0.5, 0.6) is 0 Å². The fourth-order valence-electron chi connectivity index (χ4n) is 3.29. The topological polar surface area (TPSA) is 100 Å². The Labute approximate surface area is 155 Å². The molecule has 142 valence electrons. The van der Waals surface area contributed by atoms with E-state index in [-0.39, 0.29) is 6.61 Å². The maximum absolute atomic E-state index is 10.9. The molecule has 2 saturated heterocycles. The Morgan fingerprint density at radius 3 is 2.62 bits per heavy atom. The van der Waals surface area contributed by atoms with Crippen molar-refractivity contribution in [3.63, 3.8) is 0 Å². The molecule has 0 aromatic carbocycles. The van der Waals surface area contributed by atoms with E-state index in [0.29, 0.717) is 16.6 Å². The highest BCUT2D eigenvalue weighted by Crippen LogP contribution is 2.41. The molecule has 0 amide bonds. The molecule has 4 heterocycles. The molecule has 4 atom stereocenters. The third-order valence-electron chi connectivity index (χ3n) is 4.39. The molecule has 2 aliphatic heterocycles. The lowest BCUT2D eigenvalue weighted by atomic mass is 10.0. The van der Waals surface area contributed by atoms with Crippen LogP contribution in [0.25, 0.3) is 5.65 Å². The molecule has 2 aromatic rings. The van der Waals surface area contributed by atoms with Crippen molar-refractivity contribution in [1.82, 2.24) is 19.8 Å². The van der Waals surface area contributed by atoms with Crippen molar-refractivity contribution in [2.75, 3.05) is 6.61 Å². The smallest absolute Gasteiger partial charge is 0.186 e. The van der Waals surface area contributed by atoms with Crippen molar-refractivity contribution in [2.24, 2.45) is 0 Å². The number of hydrogen-bond donors (Lipinski definition) is 1. The lowest BCUT2D eigenvalue weighted by molar-refractivity contribution is -0.178. The second-order valence-corrected chi connectivity index (χ2v) is 7.75. The molecule has 2 aliphatic rings. The normalized spacial score (nSPS) is 31.5. The Morgan fingerprint density at radius 2 is 1.92 bits per heavy atom. The number of aromatic nitrogens is 4. The van der Waals surface area contributed by atoms with Gasteiger partial charge in [-0.1, -0.05) is 11.6 Å². The van der Waals surface area contributed by atoms with E-state index in [9.17, 15) is 5.11 Å². The van der Waals surface area contributed by atoms with Gasteiger partial charge in [0.05, 0.1) is 6.61 Å². The monoisotopic (exact) mass is 384 g/mol. The van der Waals surface area contributed by atoms with Crippen molar-refractivity contribution < 1.29 is 24.1 Å². The van der Waals surface area contributed by atoms with Crippen LogP contribution in [0.3, 0.4) is 0 Å². The van der Waals surface area contributed by atoms with Crippen molar-refractivity contribution in [3.8, 4) is 0 Å². The SMILES string of the molecule is CC1(C)OC[C@H]([C@@H](O)[C@@H]2OC(C)(C)O[C@H]2c2nnc3ccc(Cl)nn23)O1. The molecule has 2 fully saturated rings. The van der Waals surface area contributed by atoms with Crippen LogP contribution >= 0.6 is 11.6 Å². The van der Waals surface area contributed by atoms with Crippen LogP contribution in [0.4, 0.5) is 0 Å². The number of aliphatic hydroxyl groups is 1. The van der Waals surface area contributed by atoms with E-state index < -0.39 is 36.0 Å². The van der Waals surface area contributed by atoms with E-state index in [1.165, 1.54) is 4.52 Å². The van der Waals surface area contributed by atoms with Gasteiger partial charge in [-0.3, -0.25) is 0 Å². The highest BCUT2D eigenvalue weighted by atomic mass is 35.5. The van der Waals surface area contributed by atoms with Crippen LogP contribution in [-0.4, -0.2) is 61.4 Å². The van der Waals surface area contributed by atoms with Gasteiger partial charge in [-0.2, -0.15) is 9.61 Å². The Hall–Kier alpha value is -1.36. The molecule has 2 aromatic heterocycles. The molecule has 0 unspecified atom stereocenters. The van der Waals surface area contributed by atoms with Crippen LogP contribution in [-0.2, 0) is 18.9 Å². The predicted molar refractivity (Wildman–Crippen MR) is 89.5 cm³/mol. The van der Waals surface area contributed by atoms with E-state index >= 15 is 0 Å². The summed E-state index contributed by atoms with van der Waals surface area (Å²) < 4.78 is 24.8. The minimum absolute atomic E-state index is 0.256. The number of aliphatic hydroxyl groups excluding tert-OH is 1. The number of halogens is 1. The maximum Gasteiger partial charge on any atom is 0.186 e. The van der Waals surface area contributed by atoms with Crippen LogP contribution in [0.15, 0.2) is 12.1 Å². The molecule has 0 spiro atoms. The summed E-state index contributed by atoms with van der Waals surface area (Å²) in [6.07, 6.45) is -2.98. The summed E-state index contributed by atoms with van der Waals surface area (Å²) in [6.45, 7) is 7.39. The zero-order chi connectivity index (χ0) is 18.7. The molecule has 0 bridgehead atoms. The van der Waals surface area contributed by atoms with Crippen LogP contribution in [0.1, 0.15) is 39.6 Å². The van der Waals surface area contributed by atoms with E-state index in [1.807, 2.05) is 0 Å². The molecule has 0 radical (unpaired) electrons. The molecule has 26 heavy (non-hydrogen) atoms. The second-order valence-electron chi connectivity index (χ2n) is 7.36. The third kappa shape index (κ3) is 3.19. The first kappa shape index (κ1) is 18.0. The number of fused-ring (bicyclic) bond motifs is 1. The van der Waals surface area contributed by atoms with Gasteiger partial charge in [0.2, 0.25) is 0 Å². The van der Waals surface area contributed by atoms with Gasteiger partial charge >= 0.3 is 0 Å². The zero-order valence-electron chi connectivity index (χ0n) is 14.9. The molecular weight excluding hydrogens is 364 g/mol. The number of ether oxygens (including phenoxy) is 4. The second kappa shape index (κ2) is 6.08. The minimum atomic E-state index is -0.991. The molecule has 9 nitrogen and oxygen atoms in total. The van der Waals surface area contributed by atoms with Gasteiger partial charge in [0.15, 0.2) is 29.1 Å². The lowest BCUT2D eigenvalue weighted by Crippen LogP contribution is -2.43. The van der Waals surface area contributed by atoms with Crippen molar-refractivity contribution in [1.29, 1.82) is 0 Å². The summed E-state index contributed by atoms with van der Waals surface area (Å²) in [5.74, 6) is -1.28. The average molecular weight is 385 g/mol. The van der Waals surface area contributed by atoms with Gasteiger partial charge < -0.3 is 24.1 Å². The molecular formula is C16H21ClN4O5. The molecule has 1 N–H and O–H groups in total. The van der Waals surface area contributed by atoms with Gasteiger partial charge in [-0.05, 0) is 39.8 Å². The van der Waals surface area contributed by atoms with E-state index in [0.717, 1.165) is 0 Å². The van der Waals surface area contributed by atoms with Gasteiger partial charge in [0.1, 0.15) is 23.5 Å². The lowest BCUT2D eigenvalue weighted by Gasteiger charge is -2.26. The Balaban J connectivity index is 1.67. The van der Waals surface area contributed by atoms with E-state index in [4.69, 9.17) is 30.5 Å². The number of nitrogens with zero attached hydrogens (tertiary/aromatic N) is 4.